The van der Waals surface area contributed by atoms with Crippen LogP contribution in [0.5, 0.6) is 0 Å². The van der Waals surface area contributed by atoms with Gasteiger partial charge in [0.1, 0.15) is 17.3 Å². The van der Waals surface area contributed by atoms with Crippen LogP contribution in [-0.4, -0.2) is 41.8 Å². The third-order valence-electron chi connectivity index (χ3n) is 4.32. The Morgan fingerprint density at radius 3 is 2.53 bits per heavy atom. The number of pyridine rings is 2. The molecule has 4 rings (SSSR count). The number of halogens is 6. The SMILES string of the molecule is Nc1nc(-c2nn(CCC(F)(F)C(F)(F)F)c3ncc(F)cc23)nc2ncccc12. The summed E-state index contributed by atoms with van der Waals surface area (Å²) in [5.74, 6) is -5.76. The Hall–Kier alpha value is -3.51. The van der Waals surface area contributed by atoms with Gasteiger partial charge in [-0.15, -0.1) is 0 Å². The molecule has 0 saturated heterocycles. The first-order chi connectivity index (χ1) is 14.1. The number of nitrogens with two attached hydrogens (primary N) is 1. The van der Waals surface area contributed by atoms with Gasteiger partial charge in [0.25, 0.3) is 0 Å². The first-order valence-corrected chi connectivity index (χ1v) is 8.42. The van der Waals surface area contributed by atoms with Gasteiger partial charge in [-0.25, -0.2) is 29.0 Å². The van der Waals surface area contributed by atoms with E-state index >= 15 is 0 Å². The Kier molecular flexibility index (Phi) is 4.47. The number of anilines is 1. The van der Waals surface area contributed by atoms with Crippen molar-refractivity contribution < 1.29 is 26.3 Å². The molecule has 0 aliphatic heterocycles. The van der Waals surface area contributed by atoms with Gasteiger partial charge < -0.3 is 5.73 Å². The Bertz CT molecular complexity index is 1250. The highest BCUT2D eigenvalue weighted by Gasteiger charge is 2.56. The lowest BCUT2D eigenvalue weighted by Gasteiger charge is -2.19. The normalized spacial score (nSPS) is 12.7. The first-order valence-electron chi connectivity index (χ1n) is 8.42. The number of rotatable bonds is 4. The minimum atomic E-state index is -5.71. The van der Waals surface area contributed by atoms with Gasteiger partial charge in [-0.3, -0.25) is 0 Å². The number of aromatic nitrogens is 6. The summed E-state index contributed by atoms with van der Waals surface area (Å²) in [7, 11) is 0. The van der Waals surface area contributed by atoms with Crippen molar-refractivity contribution in [1.82, 2.24) is 29.7 Å². The number of nitrogen functional groups attached to an aromatic ring is 1. The molecule has 0 aliphatic carbocycles. The van der Waals surface area contributed by atoms with Gasteiger partial charge in [0.15, 0.2) is 17.1 Å². The Morgan fingerprint density at radius 2 is 1.80 bits per heavy atom. The van der Waals surface area contributed by atoms with E-state index in [0.29, 0.717) is 5.39 Å². The van der Waals surface area contributed by atoms with Crippen LogP contribution in [0.25, 0.3) is 33.6 Å². The summed E-state index contributed by atoms with van der Waals surface area (Å²) in [4.78, 5) is 16.1. The van der Waals surface area contributed by atoms with E-state index in [1.165, 1.54) is 6.20 Å². The van der Waals surface area contributed by atoms with Crippen LogP contribution in [-0.2, 0) is 6.54 Å². The molecule has 13 heteroatoms. The predicted octanol–water partition coefficient (Wildman–Crippen LogP) is 3.75. The topological polar surface area (TPSA) is 95.4 Å². The molecule has 2 N–H and O–H groups in total. The number of aryl methyl sites for hydroxylation is 1. The highest BCUT2D eigenvalue weighted by molar-refractivity contribution is 5.92. The van der Waals surface area contributed by atoms with Crippen LogP contribution in [0.2, 0.25) is 0 Å². The maximum Gasteiger partial charge on any atom is 0.453 e. The summed E-state index contributed by atoms with van der Waals surface area (Å²) in [5.41, 5.74) is 5.92. The number of hydrogen-bond donors (Lipinski definition) is 1. The lowest BCUT2D eigenvalue weighted by molar-refractivity contribution is -0.285. The Balaban J connectivity index is 1.83. The highest BCUT2D eigenvalue weighted by atomic mass is 19.4. The summed E-state index contributed by atoms with van der Waals surface area (Å²) >= 11 is 0. The lowest BCUT2D eigenvalue weighted by atomic mass is 10.2. The van der Waals surface area contributed by atoms with Crippen LogP contribution >= 0.6 is 0 Å². The molecule has 0 aromatic carbocycles. The summed E-state index contributed by atoms with van der Waals surface area (Å²) in [6.45, 7) is -0.830. The summed E-state index contributed by atoms with van der Waals surface area (Å²) in [6.07, 6.45) is -5.03. The molecule has 0 radical (unpaired) electrons. The van der Waals surface area contributed by atoms with Gasteiger partial charge in [-0.1, -0.05) is 0 Å². The van der Waals surface area contributed by atoms with Gasteiger partial charge in [-0.05, 0) is 18.2 Å². The zero-order valence-corrected chi connectivity index (χ0v) is 14.8. The van der Waals surface area contributed by atoms with Crippen LogP contribution in [0, 0.1) is 5.82 Å². The van der Waals surface area contributed by atoms with E-state index in [1.807, 2.05) is 0 Å². The highest BCUT2D eigenvalue weighted by Crippen LogP contribution is 2.38. The van der Waals surface area contributed by atoms with Gasteiger partial charge in [0.2, 0.25) is 0 Å². The largest absolute Gasteiger partial charge is 0.453 e. The number of alkyl halides is 5. The summed E-state index contributed by atoms with van der Waals surface area (Å²) < 4.78 is 78.7. The molecule has 0 saturated carbocycles. The van der Waals surface area contributed by atoms with Gasteiger partial charge in [0.05, 0.1) is 17.0 Å². The van der Waals surface area contributed by atoms with Crippen LogP contribution < -0.4 is 5.73 Å². The predicted molar refractivity (Wildman–Crippen MR) is 93.8 cm³/mol. The van der Waals surface area contributed by atoms with Gasteiger partial charge >= 0.3 is 12.1 Å². The first kappa shape index (κ1) is 19.8. The molecular weight excluding hydrogens is 416 g/mol. The molecule has 7 nitrogen and oxygen atoms in total. The van der Waals surface area contributed by atoms with E-state index in [4.69, 9.17) is 5.73 Å². The average molecular weight is 427 g/mol. The fourth-order valence-electron chi connectivity index (χ4n) is 2.83. The van der Waals surface area contributed by atoms with Crippen LogP contribution in [0.4, 0.5) is 32.2 Å². The van der Waals surface area contributed by atoms with E-state index in [1.54, 1.807) is 12.1 Å². The Morgan fingerprint density at radius 1 is 1.03 bits per heavy atom. The maximum atomic E-state index is 13.8. The van der Waals surface area contributed by atoms with Gasteiger partial charge in [0, 0.05) is 19.2 Å². The van der Waals surface area contributed by atoms with Gasteiger partial charge in [-0.2, -0.15) is 27.1 Å². The summed E-state index contributed by atoms with van der Waals surface area (Å²) in [5, 5.41) is 4.48. The molecule has 0 spiro atoms. The maximum absolute atomic E-state index is 13.8. The smallest absolute Gasteiger partial charge is 0.383 e. The van der Waals surface area contributed by atoms with Crippen molar-refractivity contribution in [2.45, 2.75) is 25.1 Å². The monoisotopic (exact) mass is 427 g/mol. The number of fused-ring (bicyclic) bond motifs is 2. The second kappa shape index (κ2) is 6.78. The zero-order valence-electron chi connectivity index (χ0n) is 14.8. The van der Waals surface area contributed by atoms with Crippen molar-refractivity contribution >= 4 is 27.9 Å². The third kappa shape index (κ3) is 3.35. The van der Waals surface area contributed by atoms with Crippen LogP contribution in [0.15, 0.2) is 30.6 Å². The van der Waals surface area contributed by atoms with E-state index in [-0.39, 0.29) is 34.0 Å². The van der Waals surface area contributed by atoms with E-state index in [2.05, 4.69) is 25.0 Å². The molecule has 4 heterocycles. The molecular formula is C17H11F6N7. The van der Waals surface area contributed by atoms with E-state index in [0.717, 1.165) is 16.9 Å². The molecule has 4 aromatic heterocycles. The Labute approximate surface area is 163 Å². The summed E-state index contributed by atoms with van der Waals surface area (Å²) in [6, 6.07) is 4.25. The molecule has 0 aliphatic rings. The molecule has 156 valence electrons. The molecule has 0 amide bonds. The van der Waals surface area contributed by atoms with E-state index < -0.39 is 30.9 Å². The minimum Gasteiger partial charge on any atom is -0.383 e. The van der Waals surface area contributed by atoms with Crippen molar-refractivity contribution in [3.8, 4) is 11.5 Å². The quantitative estimate of drug-likeness (QED) is 0.499. The van der Waals surface area contributed by atoms with Crippen molar-refractivity contribution in [3.05, 3.63) is 36.4 Å². The molecule has 0 atom stereocenters. The van der Waals surface area contributed by atoms with E-state index in [9.17, 15) is 26.3 Å². The molecule has 30 heavy (non-hydrogen) atoms. The van der Waals surface area contributed by atoms with Crippen molar-refractivity contribution in [1.29, 1.82) is 0 Å². The molecule has 4 aromatic rings. The van der Waals surface area contributed by atoms with Crippen LogP contribution in [0.1, 0.15) is 6.42 Å². The van der Waals surface area contributed by atoms with Crippen molar-refractivity contribution in [3.63, 3.8) is 0 Å². The fourth-order valence-corrected chi connectivity index (χ4v) is 2.83. The standard InChI is InChI=1S/C17H11F6N7/c18-8-6-10-11(14-27-12(24)9-2-1-4-25-13(9)28-14)29-30(15(10)26-7-8)5-3-16(19,20)17(21,22)23/h1-2,4,6-7H,3,5H2,(H2,24,25,27,28). The molecule has 0 bridgehead atoms. The number of nitrogens with zero attached hydrogens (tertiary/aromatic N) is 6. The van der Waals surface area contributed by atoms with Crippen molar-refractivity contribution in [2.75, 3.05) is 5.73 Å². The van der Waals surface area contributed by atoms with Crippen molar-refractivity contribution in [2.24, 2.45) is 0 Å². The lowest BCUT2D eigenvalue weighted by Crippen LogP contribution is -2.37. The molecule has 0 unspecified atom stereocenters. The average Bonchev–Trinajstić information content (AvgIpc) is 3.03. The second-order valence-electron chi connectivity index (χ2n) is 6.36. The number of hydrogen-bond acceptors (Lipinski definition) is 6. The third-order valence-corrected chi connectivity index (χ3v) is 4.32. The fraction of sp³-hybridized carbons (Fsp3) is 0.235. The zero-order chi connectivity index (χ0) is 21.7. The second-order valence-corrected chi connectivity index (χ2v) is 6.36. The van der Waals surface area contributed by atoms with Crippen LogP contribution in [0.3, 0.4) is 0 Å². The molecule has 0 fully saturated rings. The minimum absolute atomic E-state index is 0.0278.